The van der Waals surface area contributed by atoms with Gasteiger partial charge in [-0.15, -0.1) is 0 Å². The molecule has 0 aliphatic heterocycles. The maximum Gasteiger partial charge on any atom is -0.0264 e. The van der Waals surface area contributed by atoms with Crippen molar-refractivity contribution in [2.45, 2.75) is 91.9 Å². The molecule has 0 N–H and O–H groups in total. The van der Waals surface area contributed by atoms with Crippen molar-refractivity contribution in [3.63, 3.8) is 0 Å². The Bertz CT molecular complexity index is 294. The SMILES string of the molecule is CC1C(C)C2(CCCC2)CC(C)(C)CC12CCCC2. The van der Waals surface area contributed by atoms with Gasteiger partial charge in [0.05, 0.1) is 0 Å². The fourth-order valence-corrected chi connectivity index (χ4v) is 6.77. The largest absolute Gasteiger partial charge is 0.0617 e. The summed E-state index contributed by atoms with van der Waals surface area (Å²) in [5.41, 5.74) is 1.98. The van der Waals surface area contributed by atoms with E-state index in [1.807, 2.05) is 0 Å². The maximum absolute atomic E-state index is 2.62. The quantitative estimate of drug-likeness (QED) is 0.487. The van der Waals surface area contributed by atoms with Crippen molar-refractivity contribution < 1.29 is 0 Å². The molecule has 0 radical (unpaired) electrons. The van der Waals surface area contributed by atoms with E-state index in [1.54, 1.807) is 0 Å². The van der Waals surface area contributed by atoms with E-state index in [0.29, 0.717) is 16.2 Å². The lowest BCUT2D eigenvalue weighted by molar-refractivity contribution is 0.0603. The highest BCUT2D eigenvalue weighted by Crippen LogP contribution is 2.64. The molecule has 0 saturated heterocycles. The molecule has 110 valence electrons. The van der Waals surface area contributed by atoms with Gasteiger partial charge in [-0.1, -0.05) is 53.4 Å². The Kier molecular flexibility index (Phi) is 3.31. The Morgan fingerprint density at radius 1 is 0.632 bits per heavy atom. The summed E-state index contributed by atoms with van der Waals surface area (Å²) in [4.78, 5) is 0. The molecule has 19 heavy (non-hydrogen) atoms. The highest BCUT2D eigenvalue weighted by molar-refractivity contribution is 5.05. The number of hydrogen-bond donors (Lipinski definition) is 0. The van der Waals surface area contributed by atoms with Crippen molar-refractivity contribution in [3.8, 4) is 0 Å². The molecule has 0 amide bonds. The zero-order chi connectivity index (χ0) is 13.7. The first kappa shape index (κ1) is 14.0. The van der Waals surface area contributed by atoms with Gasteiger partial charge >= 0.3 is 0 Å². The van der Waals surface area contributed by atoms with Crippen molar-refractivity contribution in [1.29, 1.82) is 0 Å². The van der Waals surface area contributed by atoms with E-state index in [2.05, 4.69) is 27.7 Å². The minimum atomic E-state index is 0.577. The second-order valence-corrected chi connectivity index (χ2v) is 9.23. The Morgan fingerprint density at radius 2 is 0.947 bits per heavy atom. The van der Waals surface area contributed by atoms with Gasteiger partial charge in [0.1, 0.15) is 0 Å². The third-order valence-corrected chi connectivity index (χ3v) is 7.54. The second kappa shape index (κ2) is 4.50. The fourth-order valence-electron chi connectivity index (χ4n) is 6.77. The summed E-state index contributed by atoms with van der Waals surface area (Å²) in [6.45, 7) is 10.4. The molecular formula is C19H34. The van der Waals surface area contributed by atoms with Gasteiger partial charge in [-0.2, -0.15) is 0 Å². The molecule has 2 atom stereocenters. The topological polar surface area (TPSA) is 0 Å². The van der Waals surface area contributed by atoms with Crippen LogP contribution in [0, 0.1) is 28.1 Å². The molecule has 3 fully saturated rings. The molecule has 0 heteroatoms. The molecule has 3 aliphatic rings. The van der Waals surface area contributed by atoms with E-state index < -0.39 is 0 Å². The number of rotatable bonds is 0. The Balaban J connectivity index is 1.97. The fraction of sp³-hybridized carbons (Fsp3) is 1.00. The van der Waals surface area contributed by atoms with Gasteiger partial charge < -0.3 is 0 Å². The summed E-state index contributed by atoms with van der Waals surface area (Å²) < 4.78 is 0. The van der Waals surface area contributed by atoms with Crippen LogP contribution < -0.4 is 0 Å². The summed E-state index contributed by atoms with van der Waals surface area (Å²) in [6.07, 6.45) is 15.1. The van der Waals surface area contributed by atoms with Crippen molar-refractivity contribution >= 4 is 0 Å². The normalized spacial score (nSPS) is 39.8. The van der Waals surface area contributed by atoms with Crippen LogP contribution in [-0.4, -0.2) is 0 Å². The lowest BCUT2D eigenvalue weighted by Gasteiger charge is -2.43. The molecule has 2 unspecified atom stereocenters. The van der Waals surface area contributed by atoms with E-state index in [9.17, 15) is 0 Å². The lowest BCUT2D eigenvalue weighted by Crippen LogP contribution is -2.35. The lowest BCUT2D eigenvalue weighted by atomic mass is 9.62. The first-order chi connectivity index (χ1) is 8.89. The van der Waals surface area contributed by atoms with Gasteiger partial charge in [0.25, 0.3) is 0 Å². The van der Waals surface area contributed by atoms with Gasteiger partial charge in [-0.3, -0.25) is 0 Å². The van der Waals surface area contributed by atoms with E-state index in [0.717, 1.165) is 11.8 Å². The van der Waals surface area contributed by atoms with E-state index in [1.165, 1.54) is 64.2 Å². The molecule has 3 rings (SSSR count). The predicted octanol–water partition coefficient (Wildman–Crippen LogP) is 6.20. The van der Waals surface area contributed by atoms with Crippen LogP contribution in [0.15, 0.2) is 0 Å². The second-order valence-electron chi connectivity index (χ2n) is 9.23. The molecule has 3 saturated carbocycles. The molecule has 0 nitrogen and oxygen atoms in total. The Morgan fingerprint density at radius 3 is 1.26 bits per heavy atom. The highest BCUT2D eigenvalue weighted by atomic mass is 14.6. The Hall–Kier alpha value is 0. The first-order valence-electron chi connectivity index (χ1n) is 8.89. The smallest absolute Gasteiger partial charge is 0.0264 e. The zero-order valence-electron chi connectivity index (χ0n) is 13.7. The standard InChI is InChI=1S/C19H34/c1-15-16(2)19(11-7-8-12-19)14-17(3,4)13-18(15)9-5-6-10-18/h15-16H,5-14H2,1-4H3. The molecule has 0 aromatic carbocycles. The van der Waals surface area contributed by atoms with Gasteiger partial charge in [0.15, 0.2) is 0 Å². The van der Waals surface area contributed by atoms with Gasteiger partial charge in [-0.25, -0.2) is 0 Å². The third-order valence-electron chi connectivity index (χ3n) is 7.54. The van der Waals surface area contributed by atoms with Crippen LogP contribution in [0.1, 0.15) is 91.9 Å². The van der Waals surface area contributed by atoms with Crippen molar-refractivity contribution in [3.05, 3.63) is 0 Å². The molecule has 3 aliphatic carbocycles. The van der Waals surface area contributed by atoms with Crippen molar-refractivity contribution in [1.82, 2.24) is 0 Å². The Labute approximate surface area is 120 Å². The third kappa shape index (κ3) is 2.18. The van der Waals surface area contributed by atoms with Crippen molar-refractivity contribution in [2.75, 3.05) is 0 Å². The average Bonchev–Trinajstić information content (AvgIpc) is 2.95. The first-order valence-corrected chi connectivity index (χ1v) is 8.89. The van der Waals surface area contributed by atoms with Crippen LogP contribution >= 0.6 is 0 Å². The van der Waals surface area contributed by atoms with Crippen LogP contribution in [0.4, 0.5) is 0 Å². The summed E-state index contributed by atoms with van der Waals surface area (Å²) in [5.74, 6) is 1.91. The van der Waals surface area contributed by atoms with Gasteiger partial charge in [0, 0.05) is 0 Å². The molecule has 0 heterocycles. The summed E-state index contributed by atoms with van der Waals surface area (Å²) in [5, 5.41) is 0. The molecular weight excluding hydrogens is 228 g/mol. The monoisotopic (exact) mass is 262 g/mol. The number of hydrogen-bond acceptors (Lipinski definition) is 0. The van der Waals surface area contributed by atoms with E-state index >= 15 is 0 Å². The minimum Gasteiger partial charge on any atom is -0.0617 e. The summed E-state index contributed by atoms with van der Waals surface area (Å²) >= 11 is 0. The van der Waals surface area contributed by atoms with Gasteiger partial charge in [0.2, 0.25) is 0 Å². The molecule has 0 bridgehead atoms. The maximum atomic E-state index is 2.62. The van der Waals surface area contributed by atoms with Crippen LogP contribution in [0.2, 0.25) is 0 Å². The molecule has 2 spiro atoms. The van der Waals surface area contributed by atoms with Crippen LogP contribution in [0.25, 0.3) is 0 Å². The molecule has 0 aromatic rings. The zero-order valence-corrected chi connectivity index (χ0v) is 13.7. The molecule has 0 aromatic heterocycles. The van der Waals surface area contributed by atoms with Crippen molar-refractivity contribution in [2.24, 2.45) is 28.1 Å². The van der Waals surface area contributed by atoms with E-state index in [-0.39, 0.29) is 0 Å². The average molecular weight is 262 g/mol. The van der Waals surface area contributed by atoms with E-state index in [4.69, 9.17) is 0 Å². The van der Waals surface area contributed by atoms with Crippen LogP contribution in [0.3, 0.4) is 0 Å². The van der Waals surface area contributed by atoms with Gasteiger partial charge in [-0.05, 0) is 66.6 Å². The minimum absolute atomic E-state index is 0.577. The predicted molar refractivity (Wildman–Crippen MR) is 83.1 cm³/mol. The summed E-state index contributed by atoms with van der Waals surface area (Å²) in [7, 11) is 0. The highest BCUT2D eigenvalue weighted by Gasteiger charge is 2.54. The van der Waals surface area contributed by atoms with Crippen LogP contribution in [0.5, 0.6) is 0 Å². The van der Waals surface area contributed by atoms with Crippen LogP contribution in [-0.2, 0) is 0 Å². The summed E-state index contributed by atoms with van der Waals surface area (Å²) in [6, 6.07) is 0.